The van der Waals surface area contributed by atoms with Gasteiger partial charge in [-0.25, -0.2) is 9.59 Å². The van der Waals surface area contributed by atoms with Crippen LogP contribution in [0.15, 0.2) is 48.5 Å². The van der Waals surface area contributed by atoms with Gasteiger partial charge in [-0.15, -0.1) is 9.78 Å². The van der Waals surface area contributed by atoms with Crippen molar-refractivity contribution in [2.24, 2.45) is 0 Å². The first-order chi connectivity index (χ1) is 20.6. The SMILES string of the molecule is CCCCCCCCCCCC(OOC(=O)c1ccc(CCCCC)cc1)OOC(=O)c1ccc(CCCCC)cc1. The molecule has 0 saturated heterocycles. The highest BCUT2D eigenvalue weighted by molar-refractivity contribution is 5.89. The molecule has 0 N–H and O–H groups in total. The molecule has 0 unspecified atom stereocenters. The summed E-state index contributed by atoms with van der Waals surface area (Å²) in [5.74, 6) is -1.22. The Hall–Kier alpha value is -2.70. The average Bonchev–Trinajstić information content (AvgIpc) is 3.01. The maximum Gasteiger partial charge on any atom is 0.373 e. The van der Waals surface area contributed by atoms with Crippen LogP contribution < -0.4 is 0 Å². The van der Waals surface area contributed by atoms with E-state index in [0.717, 1.165) is 44.9 Å². The molecule has 0 aliphatic carbocycles. The zero-order chi connectivity index (χ0) is 30.3. The monoisotopic (exact) mass is 582 g/mol. The molecule has 0 radical (unpaired) electrons. The molecule has 0 spiro atoms. The first-order valence-corrected chi connectivity index (χ1v) is 16.5. The fourth-order valence-electron chi connectivity index (χ4n) is 4.80. The van der Waals surface area contributed by atoms with Crippen LogP contribution in [0.3, 0.4) is 0 Å². The summed E-state index contributed by atoms with van der Waals surface area (Å²) in [6.07, 6.45) is 18.9. The minimum Gasteiger partial charge on any atom is -0.290 e. The predicted octanol–water partition coefficient (Wildman–Crippen LogP) is 10.3. The van der Waals surface area contributed by atoms with Gasteiger partial charge >= 0.3 is 11.9 Å². The van der Waals surface area contributed by atoms with Crippen LogP contribution in [0.2, 0.25) is 0 Å². The maximum absolute atomic E-state index is 12.6. The molecule has 2 aromatic carbocycles. The average molecular weight is 583 g/mol. The first kappa shape index (κ1) is 35.5. The Labute approximate surface area is 254 Å². The van der Waals surface area contributed by atoms with Crippen LogP contribution in [-0.2, 0) is 32.4 Å². The number of unbranched alkanes of at least 4 members (excludes halogenated alkanes) is 12. The van der Waals surface area contributed by atoms with Gasteiger partial charge in [-0.05, 0) is 67.5 Å². The van der Waals surface area contributed by atoms with Gasteiger partial charge < -0.3 is 0 Å². The highest BCUT2D eigenvalue weighted by atomic mass is 17.3. The number of carbonyl (C=O) groups is 2. The molecule has 0 aromatic heterocycles. The van der Waals surface area contributed by atoms with Gasteiger partial charge in [0, 0.05) is 6.42 Å². The minimum atomic E-state index is -1.01. The molecular weight excluding hydrogens is 528 g/mol. The van der Waals surface area contributed by atoms with E-state index in [1.807, 2.05) is 24.3 Å². The van der Waals surface area contributed by atoms with Crippen LogP contribution in [0.5, 0.6) is 0 Å². The molecule has 0 saturated carbocycles. The molecule has 0 aliphatic heterocycles. The van der Waals surface area contributed by atoms with Crippen LogP contribution in [0.4, 0.5) is 0 Å². The van der Waals surface area contributed by atoms with Gasteiger partial charge in [0.2, 0.25) is 6.29 Å². The van der Waals surface area contributed by atoms with Gasteiger partial charge in [0.1, 0.15) is 0 Å². The third-order valence-corrected chi connectivity index (χ3v) is 7.52. The number of aryl methyl sites for hydroxylation is 2. The van der Waals surface area contributed by atoms with Crippen molar-refractivity contribution in [3.63, 3.8) is 0 Å². The number of benzene rings is 2. The Balaban J connectivity index is 1.85. The van der Waals surface area contributed by atoms with Crippen molar-refractivity contribution in [3.8, 4) is 0 Å². The van der Waals surface area contributed by atoms with E-state index in [2.05, 4.69) is 20.8 Å². The van der Waals surface area contributed by atoms with E-state index in [9.17, 15) is 9.59 Å². The van der Waals surface area contributed by atoms with Crippen molar-refractivity contribution in [2.45, 2.75) is 143 Å². The van der Waals surface area contributed by atoms with E-state index < -0.39 is 18.2 Å². The zero-order valence-electron chi connectivity index (χ0n) is 26.4. The van der Waals surface area contributed by atoms with Crippen LogP contribution in [-0.4, -0.2) is 18.2 Å². The molecule has 6 heteroatoms. The third-order valence-electron chi connectivity index (χ3n) is 7.52. The highest BCUT2D eigenvalue weighted by Crippen LogP contribution is 2.17. The maximum atomic E-state index is 12.6. The first-order valence-electron chi connectivity index (χ1n) is 16.5. The largest absolute Gasteiger partial charge is 0.373 e. The summed E-state index contributed by atoms with van der Waals surface area (Å²) < 4.78 is 0. The lowest BCUT2D eigenvalue weighted by atomic mass is 10.1. The minimum absolute atomic E-state index is 0.395. The van der Waals surface area contributed by atoms with Gasteiger partial charge in [0.15, 0.2) is 0 Å². The molecule has 0 bridgehead atoms. The van der Waals surface area contributed by atoms with Gasteiger partial charge in [0.25, 0.3) is 0 Å². The summed E-state index contributed by atoms with van der Waals surface area (Å²) in [7, 11) is 0. The van der Waals surface area contributed by atoms with Crippen molar-refractivity contribution >= 4 is 11.9 Å². The summed E-state index contributed by atoms with van der Waals surface area (Å²) in [6.45, 7) is 6.59. The topological polar surface area (TPSA) is 71.1 Å². The lowest BCUT2D eigenvalue weighted by Gasteiger charge is -2.15. The normalized spacial score (nSPS) is 11.1. The molecule has 0 heterocycles. The molecule has 2 aromatic rings. The molecule has 0 aliphatic rings. The van der Waals surface area contributed by atoms with E-state index in [1.54, 1.807) is 24.3 Å². The second-order valence-corrected chi connectivity index (χ2v) is 11.3. The van der Waals surface area contributed by atoms with Crippen LogP contribution >= 0.6 is 0 Å². The molecule has 234 valence electrons. The van der Waals surface area contributed by atoms with Gasteiger partial charge in [0.05, 0.1) is 11.1 Å². The Morgan fingerprint density at radius 1 is 0.500 bits per heavy atom. The van der Waals surface area contributed by atoms with Crippen LogP contribution in [0.1, 0.15) is 155 Å². The summed E-state index contributed by atoms with van der Waals surface area (Å²) in [5, 5.41) is 0. The van der Waals surface area contributed by atoms with E-state index >= 15 is 0 Å². The second kappa shape index (κ2) is 22.8. The van der Waals surface area contributed by atoms with Crippen molar-refractivity contribution in [2.75, 3.05) is 0 Å². The number of carbonyl (C=O) groups excluding carboxylic acids is 2. The molecule has 0 fully saturated rings. The van der Waals surface area contributed by atoms with E-state index in [-0.39, 0.29) is 0 Å². The fourth-order valence-corrected chi connectivity index (χ4v) is 4.80. The number of rotatable bonds is 24. The van der Waals surface area contributed by atoms with Crippen molar-refractivity contribution in [1.82, 2.24) is 0 Å². The zero-order valence-corrected chi connectivity index (χ0v) is 26.4. The summed E-state index contributed by atoms with van der Waals surface area (Å²) in [4.78, 5) is 46.2. The highest BCUT2D eigenvalue weighted by Gasteiger charge is 2.19. The second-order valence-electron chi connectivity index (χ2n) is 11.3. The number of hydrogen-bond acceptors (Lipinski definition) is 6. The molecule has 42 heavy (non-hydrogen) atoms. The van der Waals surface area contributed by atoms with Gasteiger partial charge in [-0.3, -0.25) is 9.78 Å². The molecular formula is C36H54O6. The Bertz CT molecular complexity index is 900. The van der Waals surface area contributed by atoms with Crippen molar-refractivity contribution < 1.29 is 29.1 Å². The van der Waals surface area contributed by atoms with E-state index in [0.29, 0.717) is 17.5 Å². The quantitative estimate of drug-likeness (QED) is 0.0531. The Morgan fingerprint density at radius 3 is 1.26 bits per heavy atom. The molecule has 2 rings (SSSR count). The standard InChI is InChI=1S/C36H54O6/c1-4-7-10-11-12-13-14-15-18-21-34(39-41-35(37)32-26-22-30(23-27-32)19-16-8-5-2)40-42-36(38)33-28-24-31(25-29-33)20-17-9-6-3/h22-29,34H,4-21H2,1-3H3. The number of hydrogen-bond donors (Lipinski definition) is 0. The summed E-state index contributed by atoms with van der Waals surface area (Å²) in [5.41, 5.74) is 3.17. The molecule has 6 nitrogen and oxygen atoms in total. The van der Waals surface area contributed by atoms with Crippen molar-refractivity contribution in [3.05, 3.63) is 70.8 Å². The molecule has 0 amide bonds. The third kappa shape index (κ3) is 15.5. The van der Waals surface area contributed by atoms with Crippen LogP contribution in [0, 0.1) is 0 Å². The molecule has 0 atom stereocenters. The lowest BCUT2D eigenvalue weighted by molar-refractivity contribution is -0.421. The summed E-state index contributed by atoms with van der Waals surface area (Å²) in [6, 6.07) is 14.8. The Kier molecular flexibility index (Phi) is 19.3. The lowest BCUT2D eigenvalue weighted by Crippen LogP contribution is -2.22. The summed E-state index contributed by atoms with van der Waals surface area (Å²) >= 11 is 0. The van der Waals surface area contributed by atoms with E-state index in [4.69, 9.17) is 19.6 Å². The predicted molar refractivity (Wildman–Crippen MR) is 168 cm³/mol. The van der Waals surface area contributed by atoms with E-state index in [1.165, 1.54) is 75.3 Å². The van der Waals surface area contributed by atoms with Crippen LogP contribution in [0.25, 0.3) is 0 Å². The van der Waals surface area contributed by atoms with Crippen molar-refractivity contribution in [1.29, 1.82) is 0 Å². The Morgan fingerprint density at radius 2 is 0.857 bits per heavy atom. The smallest absolute Gasteiger partial charge is 0.290 e. The van der Waals surface area contributed by atoms with Gasteiger partial charge in [-0.1, -0.05) is 122 Å². The van der Waals surface area contributed by atoms with Gasteiger partial charge in [-0.2, -0.15) is 0 Å². The fraction of sp³-hybridized carbons (Fsp3) is 0.611.